The second-order valence-corrected chi connectivity index (χ2v) is 8.43. The number of fused-ring (bicyclic) bond motifs is 1. The first-order valence-corrected chi connectivity index (χ1v) is 10.8. The standard InChI is InChI=1S/C23H24ClN3O4/c1-14(2)30-23(28)27-9-7-15(8-10-27)22-26-20-12-17(5-6-21(20)31-22)16-3-4-18(13-25-29)19(24)11-16/h3-6,11-12,14-15H,7-10,13H2,1-2H3. The summed E-state index contributed by atoms with van der Waals surface area (Å²) in [6.45, 7) is 5.00. The number of rotatable bonds is 5. The normalized spacial score (nSPS) is 14.9. The first-order chi connectivity index (χ1) is 14.9. The van der Waals surface area contributed by atoms with Gasteiger partial charge in [0, 0.05) is 24.0 Å². The predicted octanol–water partition coefficient (Wildman–Crippen LogP) is 6.14. The molecule has 0 spiro atoms. The van der Waals surface area contributed by atoms with Gasteiger partial charge in [0.25, 0.3) is 0 Å². The molecule has 0 unspecified atom stereocenters. The van der Waals surface area contributed by atoms with Gasteiger partial charge in [-0.25, -0.2) is 9.78 Å². The maximum Gasteiger partial charge on any atom is 0.410 e. The van der Waals surface area contributed by atoms with Crippen LogP contribution in [-0.2, 0) is 11.3 Å². The Morgan fingerprint density at radius 2 is 1.94 bits per heavy atom. The second-order valence-electron chi connectivity index (χ2n) is 8.02. The van der Waals surface area contributed by atoms with Crippen molar-refractivity contribution in [3.63, 3.8) is 0 Å². The molecule has 0 aliphatic carbocycles. The molecular formula is C23H24ClN3O4. The lowest BCUT2D eigenvalue weighted by molar-refractivity contribution is 0.0681. The predicted molar refractivity (Wildman–Crippen MR) is 119 cm³/mol. The molecule has 8 heteroatoms. The van der Waals surface area contributed by atoms with Gasteiger partial charge in [0.05, 0.1) is 6.10 Å². The van der Waals surface area contributed by atoms with Crippen molar-refractivity contribution in [1.82, 2.24) is 9.88 Å². The molecule has 1 aliphatic heterocycles. The Kier molecular flexibility index (Phi) is 6.23. The fraction of sp³-hybridized carbons (Fsp3) is 0.391. The highest BCUT2D eigenvalue weighted by molar-refractivity contribution is 6.31. The van der Waals surface area contributed by atoms with E-state index in [9.17, 15) is 9.70 Å². The molecule has 0 N–H and O–H groups in total. The second kappa shape index (κ2) is 9.06. The first-order valence-electron chi connectivity index (χ1n) is 10.4. The summed E-state index contributed by atoms with van der Waals surface area (Å²) in [4.78, 5) is 29.0. The molecule has 2 heterocycles. The van der Waals surface area contributed by atoms with Crippen LogP contribution in [0.2, 0.25) is 5.02 Å². The summed E-state index contributed by atoms with van der Waals surface area (Å²) in [5.41, 5.74) is 4.11. The van der Waals surface area contributed by atoms with Gasteiger partial charge >= 0.3 is 6.09 Å². The number of benzene rings is 2. The topological polar surface area (TPSA) is 85.0 Å². The molecule has 0 bridgehead atoms. The fourth-order valence-electron chi connectivity index (χ4n) is 3.81. The van der Waals surface area contributed by atoms with E-state index in [1.165, 1.54) is 0 Å². The van der Waals surface area contributed by atoms with Crippen molar-refractivity contribution < 1.29 is 13.9 Å². The van der Waals surface area contributed by atoms with Crippen LogP contribution >= 0.6 is 11.6 Å². The summed E-state index contributed by atoms with van der Waals surface area (Å²) < 4.78 is 11.3. The lowest BCUT2D eigenvalue weighted by atomic mass is 9.97. The van der Waals surface area contributed by atoms with Gasteiger partial charge in [-0.3, -0.25) is 0 Å². The molecule has 1 aliphatic rings. The van der Waals surface area contributed by atoms with Crippen LogP contribution in [0, 0.1) is 4.91 Å². The van der Waals surface area contributed by atoms with Crippen molar-refractivity contribution in [2.75, 3.05) is 13.1 Å². The van der Waals surface area contributed by atoms with E-state index in [-0.39, 0.29) is 24.7 Å². The zero-order valence-corrected chi connectivity index (χ0v) is 18.3. The molecule has 1 aromatic heterocycles. The molecule has 31 heavy (non-hydrogen) atoms. The number of piperidine rings is 1. The number of nitrogens with zero attached hydrogens (tertiary/aromatic N) is 3. The van der Waals surface area contributed by atoms with E-state index in [0.29, 0.717) is 29.6 Å². The zero-order chi connectivity index (χ0) is 22.0. The number of amides is 1. The summed E-state index contributed by atoms with van der Waals surface area (Å²) in [6, 6.07) is 11.4. The van der Waals surface area contributed by atoms with Gasteiger partial charge in [-0.2, -0.15) is 4.91 Å². The molecule has 0 saturated carbocycles. The maximum atomic E-state index is 12.1. The molecule has 4 rings (SSSR count). The van der Waals surface area contributed by atoms with E-state index in [1.807, 2.05) is 50.2 Å². The van der Waals surface area contributed by atoms with Crippen LogP contribution in [0.1, 0.15) is 44.1 Å². The number of hydrogen-bond donors (Lipinski definition) is 0. The SMILES string of the molecule is CC(C)OC(=O)N1CCC(c2nc3cc(-c4ccc(CN=O)c(Cl)c4)ccc3o2)CC1. The molecule has 162 valence electrons. The van der Waals surface area contributed by atoms with Crippen molar-refractivity contribution in [3.8, 4) is 11.1 Å². The minimum atomic E-state index is -0.260. The van der Waals surface area contributed by atoms with Crippen LogP contribution in [0.5, 0.6) is 0 Å². The Morgan fingerprint density at radius 1 is 1.23 bits per heavy atom. The van der Waals surface area contributed by atoms with E-state index in [0.717, 1.165) is 35.1 Å². The maximum absolute atomic E-state index is 12.1. The number of aromatic nitrogens is 1. The van der Waals surface area contributed by atoms with E-state index in [4.69, 9.17) is 25.7 Å². The van der Waals surface area contributed by atoms with Gasteiger partial charge < -0.3 is 14.1 Å². The summed E-state index contributed by atoms with van der Waals surface area (Å²) in [6.07, 6.45) is 1.19. The van der Waals surface area contributed by atoms with Crippen molar-refractivity contribution in [3.05, 3.63) is 57.8 Å². The van der Waals surface area contributed by atoms with E-state index in [2.05, 4.69) is 5.18 Å². The Morgan fingerprint density at radius 3 is 2.61 bits per heavy atom. The molecule has 2 aromatic carbocycles. The number of ether oxygens (including phenoxy) is 1. The van der Waals surface area contributed by atoms with Crippen LogP contribution in [0.3, 0.4) is 0 Å². The molecule has 3 aromatic rings. The molecule has 0 atom stereocenters. The Bertz CT molecular complexity index is 1100. The number of likely N-dealkylation sites (tertiary alicyclic amines) is 1. The van der Waals surface area contributed by atoms with E-state index in [1.54, 1.807) is 4.90 Å². The van der Waals surface area contributed by atoms with Crippen LogP contribution in [-0.4, -0.2) is 35.2 Å². The van der Waals surface area contributed by atoms with Crippen LogP contribution in [0.4, 0.5) is 4.79 Å². The highest BCUT2D eigenvalue weighted by Crippen LogP contribution is 2.33. The van der Waals surface area contributed by atoms with Gasteiger partial charge in [-0.1, -0.05) is 35.0 Å². The number of hydrogen-bond acceptors (Lipinski definition) is 6. The Labute approximate surface area is 185 Å². The van der Waals surface area contributed by atoms with Crippen molar-refractivity contribution in [2.45, 2.75) is 45.3 Å². The Balaban J connectivity index is 1.49. The first kappa shape index (κ1) is 21.3. The van der Waals surface area contributed by atoms with E-state index < -0.39 is 0 Å². The molecule has 1 amide bonds. The molecule has 7 nitrogen and oxygen atoms in total. The van der Waals surface area contributed by atoms with Crippen molar-refractivity contribution >= 4 is 28.8 Å². The highest BCUT2D eigenvalue weighted by Gasteiger charge is 2.28. The molecule has 1 saturated heterocycles. The van der Waals surface area contributed by atoms with Crippen molar-refractivity contribution in [2.24, 2.45) is 5.18 Å². The third-order valence-corrected chi connectivity index (χ3v) is 5.82. The minimum Gasteiger partial charge on any atom is -0.447 e. The number of carbonyl (C=O) groups excluding carboxylic acids is 1. The monoisotopic (exact) mass is 441 g/mol. The van der Waals surface area contributed by atoms with Crippen LogP contribution in [0.25, 0.3) is 22.2 Å². The zero-order valence-electron chi connectivity index (χ0n) is 17.5. The lowest BCUT2D eigenvalue weighted by Crippen LogP contribution is -2.39. The number of oxazole rings is 1. The summed E-state index contributed by atoms with van der Waals surface area (Å²) in [7, 11) is 0. The number of nitroso groups, excluding NO2 is 1. The smallest absolute Gasteiger partial charge is 0.410 e. The summed E-state index contributed by atoms with van der Waals surface area (Å²) in [5, 5.41) is 3.41. The quantitative estimate of drug-likeness (QED) is 0.444. The van der Waals surface area contributed by atoms with Gasteiger partial charge in [0.15, 0.2) is 11.5 Å². The summed E-state index contributed by atoms with van der Waals surface area (Å²) in [5.74, 6) is 0.873. The third kappa shape index (κ3) is 4.71. The fourth-order valence-corrected chi connectivity index (χ4v) is 4.05. The minimum absolute atomic E-state index is 0.0544. The van der Waals surface area contributed by atoms with Crippen LogP contribution in [0.15, 0.2) is 46.0 Å². The van der Waals surface area contributed by atoms with Gasteiger partial charge in [-0.05, 0) is 61.6 Å². The van der Waals surface area contributed by atoms with Gasteiger partial charge in [0.1, 0.15) is 12.1 Å². The number of halogens is 1. The largest absolute Gasteiger partial charge is 0.447 e. The highest BCUT2D eigenvalue weighted by atomic mass is 35.5. The molecule has 1 fully saturated rings. The van der Waals surface area contributed by atoms with E-state index >= 15 is 0 Å². The molecule has 0 radical (unpaired) electrons. The third-order valence-electron chi connectivity index (χ3n) is 5.46. The molecular weight excluding hydrogens is 418 g/mol. The average molecular weight is 442 g/mol. The Hall–Kier alpha value is -2.93. The summed E-state index contributed by atoms with van der Waals surface area (Å²) >= 11 is 6.27. The van der Waals surface area contributed by atoms with Crippen molar-refractivity contribution in [1.29, 1.82) is 0 Å². The van der Waals surface area contributed by atoms with Crippen LogP contribution < -0.4 is 0 Å². The van der Waals surface area contributed by atoms with Gasteiger partial charge in [-0.15, -0.1) is 0 Å². The average Bonchev–Trinajstić information content (AvgIpc) is 3.18. The lowest BCUT2D eigenvalue weighted by Gasteiger charge is -2.30. The number of carbonyl (C=O) groups is 1. The van der Waals surface area contributed by atoms with Gasteiger partial charge in [0.2, 0.25) is 0 Å².